The topological polar surface area (TPSA) is 53.2 Å². The second kappa shape index (κ2) is 6.36. The molecule has 0 bridgehead atoms. The minimum Gasteiger partial charge on any atom is -0.250 e. The lowest BCUT2D eigenvalue weighted by Crippen LogP contribution is -2.33. The summed E-state index contributed by atoms with van der Waals surface area (Å²) >= 11 is 0. The van der Waals surface area contributed by atoms with E-state index < -0.39 is 21.2 Å². The minimum atomic E-state index is -2.51. The predicted octanol–water partition coefficient (Wildman–Crippen LogP) is 3.44. The molecule has 0 heterocycles. The summed E-state index contributed by atoms with van der Waals surface area (Å²) in [4.78, 5) is 0. The Balaban J connectivity index is 2.12. The number of hydrogen-bond acceptors (Lipinski definition) is 3. The normalized spacial score (nSPS) is 25.4. The van der Waals surface area contributed by atoms with Crippen molar-refractivity contribution in [3.63, 3.8) is 0 Å². The van der Waals surface area contributed by atoms with E-state index >= 15 is 0 Å². The third kappa shape index (κ3) is 3.57. The van der Waals surface area contributed by atoms with E-state index in [-0.39, 0.29) is 0 Å². The zero-order chi connectivity index (χ0) is 14.6. The number of nitriles is 1. The average molecular weight is 294 g/mol. The number of nitrogens with zero attached hydrogens (tertiary/aromatic N) is 2. The molecule has 3 atom stereocenters. The molecular formula is C15H19FN2OS. The van der Waals surface area contributed by atoms with Gasteiger partial charge in [0.2, 0.25) is 0 Å². The van der Waals surface area contributed by atoms with Crippen LogP contribution >= 0.6 is 0 Å². The van der Waals surface area contributed by atoms with Gasteiger partial charge in [-0.1, -0.05) is 25.0 Å². The smallest absolute Gasteiger partial charge is 0.115 e. The van der Waals surface area contributed by atoms with E-state index in [1.54, 1.807) is 30.5 Å². The van der Waals surface area contributed by atoms with Crippen LogP contribution in [-0.2, 0) is 16.3 Å². The quantitative estimate of drug-likeness (QED) is 0.857. The molecule has 1 fully saturated rings. The monoisotopic (exact) mass is 294 g/mol. The van der Waals surface area contributed by atoms with Crippen molar-refractivity contribution in [2.24, 2.45) is 4.36 Å². The van der Waals surface area contributed by atoms with Crippen LogP contribution in [0.25, 0.3) is 0 Å². The van der Waals surface area contributed by atoms with E-state index in [1.165, 1.54) is 0 Å². The number of benzene rings is 1. The van der Waals surface area contributed by atoms with Crippen molar-refractivity contribution in [2.45, 2.75) is 43.6 Å². The van der Waals surface area contributed by atoms with E-state index in [4.69, 9.17) is 5.26 Å². The molecule has 20 heavy (non-hydrogen) atoms. The number of alkyl halides is 1. The van der Waals surface area contributed by atoms with Gasteiger partial charge in [0.1, 0.15) is 6.17 Å². The summed E-state index contributed by atoms with van der Waals surface area (Å²) in [7, 11) is -2.51. The second-order valence-corrected chi connectivity index (χ2v) is 7.88. The molecule has 0 aliphatic heterocycles. The van der Waals surface area contributed by atoms with E-state index in [9.17, 15) is 8.60 Å². The highest BCUT2D eigenvalue weighted by Crippen LogP contribution is 2.27. The van der Waals surface area contributed by atoms with Gasteiger partial charge in [0.05, 0.1) is 23.4 Å². The van der Waals surface area contributed by atoms with Gasteiger partial charge in [-0.15, -0.1) is 0 Å². The van der Waals surface area contributed by atoms with Crippen molar-refractivity contribution in [3.8, 4) is 6.07 Å². The molecule has 1 aliphatic carbocycles. The van der Waals surface area contributed by atoms with Crippen molar-refractivity contribution in [3.05, 3.63) is 35.4 Å². The van der Waals surface area contributed by atoms with Crippen LogP contribution in [0.3, 0.4) is 0 Å². The third-order valence-electron chi connectivity index (χ3n) is 3.77. The van der Waals surface area contributed by atoms with Crippen LogP contribution < -0.4 is 0 Å². The molecule has 0 spiro atoms. The van der Waals surface area contributed by atoms with Gasteiger partial charge in [0, 0.05) is 16.0 Å². The van der Waals surface area contributed by atoms with Gasteiger partial charge in [-0.05, 0) is 30.5 Å². The summed E-state index contributed by atoms with van der Waals surface area (Å²) < 4.78 is 30.7. The molecule has 5 heteroatoms. The molecule has 0 radical (unpaired) electrons. The first-order valence-electron chi connectivity index (χ1n) is 6.83. The summed E-state index contributed by atoms with van der Waals surface area (Å²) in [6.07, 6.45) is 3.55. The molecule has 108 valence electrons. The molecule has 0 aromatic heterocycles. The fourth-order valence-electron chi connectivity index (χ4n) is 2.53. The first-order chi connectivity index (χ1) is 9.53. The van der Waals surface area contributed by atoms with Crippen LogP contribution in [0.15, 0.2) is 28.6 Å². The molecule has 0 amide bonds. The fraction of sp³-hybridized carbons (Fsp3) is 0.533. The van der Waals surface area contributed by atoms with Crippen LogP contribution in [0.4, 0.5) is 4.39 Å². The number of hydrogen-bond donors (Lipinski definition) is 0. The summed E-state index contributed by atoms with van der Waals surface area (Å²) in [5.74, 6) is 0. The van der Waals surface area contributed by atoms with E-state index in [0.29, 0.717) is 24.9 Å². The lowest BCUT2D eigenvalue weighted by atomic mass is 9.98. The SMILES string of the molecule is CS(=O)(=NCc1ccc(C#N)cc1)C1CCCCC1F. The molecule has 1 aliphatic rings. The van der Waals surface area contributed by atoms with Gasteiger partial charge in [0.15, 0.2) is 0 Å². The Morgan fingerprint density at radius 1 is 1.35 bits per heavy atom. The largest absolute Gasteiger partial charge is 0.250 e. The Kier molecular flexibility index (Phi) is 4.77. The van der Waals surface area contributed by atoms with Crippen LogP contribution in [0.2, 0.25) is 0 Å². The van der Waals surface area contributed by atoms with Gasteiger partial charge in [-0.2, -0.15) is 5.26 Å². The maximum Gasteiger partial charge on any atom is 0.115 e. The third-order valence-corrected chi connectivity index (χ3v) is 6.07. The minimum absolute atomic E-state index is 0.310. The summed E-state index contributed by atoms with van der Waals surface area (Å²) in [6.45, 7) is 0.310. The van der Waals surface area contributed by atoms with E-state index in [2.05, 4.69) is 4.36 Å². The maximum absolute atomic E-state index is 13.9. The molecule has 0 N–H and O–H groups in total. The number of halogens is 1. The van der Waals surface area contributed by atoms with Crippen LogP contribution in [0.1, 0.15) is 36.8 Å². The van der Waals surface area contributed by atoms with Crippen molar-refractivity contribution < 1.29 is 8.60 Å². The molecule has 1 saturated carbocycles. The van der Waals surface area contributed by atoms with Crippen molar-refractivity contribution in [1.29, 1.82) is 5.26 Å². The van der Waals surface area contributed by atoms with Crippen molar-refractivity contribution in [2.75, 3.05) is 6.26 Å². The molecular weight excluding hydrogens is 275 g/mol. The van der Waals surface area contributed by atoms with Crippen molar-refractivity contribution in [1.82, 2.24) is 0 Å². The molecule has 1 aromatic carbocycles. The highest BCUT2D eigenvalue weighted by atomic mass is 32.2. The number of rotatable bonds is 3. The Morgan fingerprint density at radius 3 is 2.60 bits per heavy atom. The average Bonchev–Trinajstić information content (AvgIpc) is 2.46. The highest BCUT2D eigenvalue weighted by molar-refractivity contribution is 7.93. The first-order valence-corrected chi connectivity index (χ1v) is 8.81. The summed E-state index contributed by atoms with van der Waals surface area (Å²) in [6, 6.07) is 9.06. The Morgan fingerprint density at radius 2 is 2.00 bits per heavy atom. The molecule has 1 aromatic rings. The second-order valence-electron chi connectivity index (χ2n) is 5.30. The van der Waals surface area contributed by atoms with E-state index in [1.807, 2.05) is 6.07 Å². The highest BCUT2D eigenvalue weighted by Gasteiger charge is 2.31. The fourth-order valence-corrected chi connectivity index (χ4v) is 4.41. The summed E-state index contributed by atoms with van der Waals surface area (Å²) in [5.41, 5.74) is 1.48. The van der Waals surface area contributed by atoms with Crippen molar-refractivity contribution >= 4 is 9.73 Å². The van der Waals surface area contributed by atoms with Gasteiger partial charge in [0.25, 0.3) is 0 Å². The van der Waals surface area contributed by atoms with Crippen LogP contribution in [-0.4, -0.2) is 21.9 Å². The molecule has 2 rings (SSSR count). The zero-order valence-corrected chi connectivity index (χ0v) is 12.4. The van der Waals surface area contributed by atoms with E-state index in [0.717, 1.165) is 18.4 Å². The zero-order valence-electron chi connectivity index (χ0n) is 11.6. The molecule has 3 unspecified atom stereocenters. The Labute approximate surface area is 120 Å². The summed E-state index contributed by atoms with van der Waals surface area (Å²) in [5, 5.41) is 8.29. The van der Waals surface area contributed by atoms with Crippen LogP contribution in [0, 0.1) is 11.3 Å². The van der Waals surface area contributed by atoms with Crippen LogP contribution in [0.5, 0.6) is 0 Å². The first kappa shape index (κ1) is 15.0. The molecule has 3 nitrogen and oxygen atoms in total. The van der Waals surface area contributed by atoms with Gasteiger partial charge < -0.3 is 0 Å². The predicted molar refractivity (Wildman–Crippen MR) is 78.5 cm³/mol. The standard InChI is InChI=1S/C15H19FN2OS/c1-20(19,15-5-3-2-4-14(15)16)18-11-13-8-6-12(10-17)7-9-13/h6-9,14-15H,2-5,11H2,1H3. The van der Waals surface area contributed by atoms with Gasteiger partial charge in [-0.3, -0.25) is 0 Å². The van der Waals surface area contributed by atoms with Gasteiger partial charge >= 0.3 is 0 Å². The molecule has 0 saturated heterocycles. The van der Waals surface area contributed by atoms with Gasteiger partial charge in [-0.25, -0.2) is 13.0 Å². The maximum atomic E-state index is 13.9. The Hall–Kier alpha value is -1.41. The Bertz CT molecular complexity index is 612. The lowest BCUT2D eigenvalue weighted by Gasteiger charge is -2.26. The lowest BCUT2D eigenvalue weighted by molar-refractivity contribution is 0.256.